The molecule has 9 nitrogen and oxygen atoms in total. The monoisotopic (exact) mass is 647 g/mol. The van der Waals surface area contributed by atoms with Crippen LogP contribution in [0.15, 0.2) is 46.7 Å². The Hall–Kier alpha value is -3.87. The number of rotatable bonds is 8. The highest BCUT2D eigenvalue weighted by molar-refractivity contribution is 8.26. The summed E-state index contributed by atoms with van der Waals surface area (Å²) in [5.74, 6) is -2.38. The maximum atomic E-state index is 13.3. The number of anilines is 1. The Labute approximate surface area is 245 Å². The van der Waals surface area contributed by atoms with Crippen LogP contribution in [0.3, 0.4) is 0 Å². The van der Waals surface area contributed by atoms with Gasteiger partial charge in [0.25, 0.3) is 5.91 Å². The number of nitrogens with zero attached hydrogens (tertiary/aromatic N) is 3. The first-order valence-electron chi connectivity index (χ1n) is 11.3. The van der Waals surface area contributed by atoms with Gasteiger partial charge in [0.1, 0.15) is 0 Å². The lowest BCUT2D eigenvalue weighted by Crippen LogP contribution is -2.44. The van der Waals surface area contributed by atoms with Crippen LogP contribution in [0.4, 0.5) is 31.5 Å². The van der Waals surface area contributed by atoms with Gasteiger partial charge in [-0.15, -0.1) is 11.3 Å². The molecule has 2 aromatic heterocycles. The minimum atomic E-state index is -5.03. The summed E-state index contributed by atoms with van der Waals surface area (Å²) in [7, 11) is 0. The number of aromatic nitrogens is 2. The number of nitrogens with one attached hydrogen (secondary N) is 2. The number of carbonyl (C=O) groups is 3. The molecule has 1 aliphatic rings. The maximum Gasteiger partial charge on any atom is 0.416 e. The van der Waals surface area contributed by atoms with Crippen molar-refractivity contribution < 1.29 is 45.8 Å². The molecule has 0 saturated carbocycles. The number of thioether (sulfide) groups is 1. The molecule has 0 aliphatic carbocycles. The number of benzene rings is 1. The van der Waals surface area contributed by atoms with Gasteiger partial charge in [-0.2, -0.15) is 26.3 Å². The minimum Gasteiger partial charge on any atom is -0.481 e. The molecule has 0 radical (unpaired) electrons. The Morgan fingerprint density at radius 3 is 2.33 bits per heavy atom. The van der Waals surface area contributed by atoms with Crippen molar-refractivity contribution in [3.63, 3.8) is 0 Å². The van der Waals surface area contributed by atoms with Gasteiger partial charge in [0.2, 0.25) is 5.91 Å². The molecule has 1 saturated heterocycles. The van der Waals surface area contributed by atoms with E-state index in [9.17, 15) is 40.7 Å². The predicted molar refractivity (Wildman–Crippen MR) is 145 cm³/mol. The lowest BCUT2D eigenvalue weighted by molar-refractivity contribution is -0.143. The zero-order chi connectivity index (χ0) is 30.8. The molecule has 1 aromatic carbocycles. The zero-order valence-electron chi connectivity index (χ0n) is 20.5. The molecule has 2 amide bonds. The number of thiazole rings is 1. The number of carbonyl (C=O) groups excluding carboxylic acids is 2. The molecule has 1 fully saturated rings. The highest BCUT2D eigenvalue weighted by atomic mass is 32.2. The van der Waals surface area contributed by atoms with E-state index in [1.54, 1.807) is 0 Å². The number of pyridine rings is 1. The highest BCUT2D eigenvalue weighted by Crippen LogP contribution is 2.38. The smallest absolute Gasteiger partial charge is 0.416 e. The third kappa shape index (κ3) is 7.69. The van der Waals surface area contributed by atoms with Crippen molar-refractivity contribution in [2.24, 2.45) is 0 Å². The van der Waals surface area contributed by atoms with Crippen molar-refractivity contribution in [2.75, 3.05) is 11.9 Å². The fraction of sp³-hybridized carbons (Fsp3) is 0.167. The fourth-order valence-corrected chi connectivity index (χ4v) is 5.38. The zero-order valence-corrected chi connectivity index (χ0v) is 23.0. The Kier molecular flexibility index (Phi) is 9.00. The predicted octanol–water partition coefficient (Wildman–Crippen LogP) is 5.21. The molecule has 0 atom stereocenters. The summed E-state index contributed by atoms with van der Waals surface area (Å²) in [5.41, 5.74) is -0.752. The van der Waals surface area contributed by atoms with Crippen molar-refractivity contribution in [2.45, 2.75) is 18.8 Å². The highest BCUT2D eigenvalue weighted by Gasteiger charge is 2.37. The molecule has 3 heterocycles. The summed E-state index contributed by atoms with van der Waals surface area (Å²) in [4.78, 5) is 44.0. The second-order valence-electron chi connectivity index (χ2n) is 8.36. The number of hydrogen-bond acceptors (Lipinski definition) is 9. The number of hydrogen-bond donors (Lipinski definition) is 3. The Morgan fingerprint density at radius 2 is 1.71 bits per heavy atom. The van der Waals surface area contributed by atoms with Crippen molar-refractivity contribution >= 4 is 68.6 Å². The molecule has 220 valence electrons. The summed E-state index contributed by atoms with van der Waals surface area (Å²) in [6, 6.07) is 5.08. The van der Waals surface area contributed by atoms with Gasteiger partial charge in [-0.05, 0) is 36.4 Å². The fourth-order valence-electron chi connectivity index (χ4n) is 3.45. The van der Waals surface area contributed by atoms with Crippen LogP contribution in [-0.4, -0.2) is 48.7 Å². The van der Waals surface area contributed by atoms with E-state index in [1.165, 1.54) is 29.7 Å². The van der Waals surface area contributed by atoms with E-state index in [-0.39, 0.29) is 43.9 Å². The molecule has 1 aliphatic heterocycles. The van der Waals surface area contributed by atoms with Crippen LogP contribution in [0.2, 0.25) is 0 Å². The molecule has 0 bridgehead atoms. The van der Waals surface area contributed by atoms with Crippen molar-refractivity contribution in [3.05, 3.63) is 69.2 Å². The van der Waals surface area contributed by atoms with Gasteiger partial charge >= 0.3 is 18.3 Å². The Morgan fingerprint density at radius 1 is 1.05 bits per heavy atom. The van der Waals surface area contributed by atoms with Crippen LogP contribution in [-0.2, 0) is 33.2 Å². The topological polar surface area (TPSA) is 125 Å². The van der Waals surface area contributed by atoms with E-state index in [2.05, 4.69) is 20.7 Å². The van der Waals surface area contributed by atoms with Crippen molar-refractivity contribution in [3.8, 4) is 11.3 Å². The first-order valence-corrected chi connectivity index (χ1v) is 13.4. The average molecular weight is 648 g/mol. The van der Waals surface area contributed by atoms with Gasteiger partial charge < -0.3 is 10.4 Å². The van der Waals surface area contributed by atoms with Crippen molar-refractivity contribution in [1.82, 2.24) is 20.4 Å². The first kappa shape index (κ1) is 31.1. The lowest BCUT2D eigenvalue weighted by Gasteiger charge is -2.15. The van der Waals surface area contributed by atoms with E-state index < -0.39 is 53.4 Å². The third-order valence-electron chi connectivity index (χ3n) is 5.25. The van der Waals surface area contributed by atoms with Gasteiger partial charge in [-0.25, -0.2) is 20.4 Å². The normalized spacial score (nSPS) is 15.0. The summed E-state index contributed by atoms with van der Waals surface area (Å²) in [6.07, 6.45) is -9.13. The Balaban J connectivity index is 1.48. The van der Waals surface area contributed by atoms with E-state index >= 15 is 0 Å². The van der Waals surface area contributed by atoms with Crippen LogP contribution >= 0.6 is 35.3 Å². The average Bonchev–Trinajstić information content (AvgIpc) is 3.43. The SMILES string of the molecule is O=C(O)Cc1csc(NC(=O)CNN2C(=O)/C(=C/c3cccc(-c4cc(C(F)(F)F)cc(C(F)(F)F)c4)n3)SC2=S)n1. The van der Waals surface area contributed by atoms with Gasteiger partial charge in [0.05, 0.1) is 46.1 Å². The van der Waals surface area contributed by atoms with Gasteiger partial charge in [-0.3, -0.25) is 14.4 Å². The second kappa shape index (κ2) is 12.2. The summed E-state index contributed by atoms with van der Waals surface area (Å²) in [5, 5.41) is 13.8. The number of thiocarbonyl (C=S) groups is 1. The lowest BCUT2D eigenvalue weighted by atomic mass is 10.0. The van der Waals surface area contributed by atoms with E-state index in [1.807, 2.05) is 0 Å². The van der Waals surface area contributed by atoms with Crippen LogP contribution in [0.25, 0.3) is 17.3 Å². The van der Waals surface area contributed by atoms with Crippen LogP contribution in [0, 0.1) is 0 Å². The van der Waals surface area contributed by atoms with Gasteiger partial charge in [0.15, 0.2) is 9.45 Å². The third-order valence-corrected chi connectivity index (χ3v) is 7.36. The molecule has 0 spiro atoms. The molecule has 3 N–H and O–H groups in total. The molecule has 3 aromatic rings. The quantitative estimate of drug-likeness (QED) is 0.172. The van der Waals surface area contributed by atoms with E-state index in [0.29, 0.717) is 12.1 Å². The number of amides is 2. The van der Waals surface area contributed by atoms with Crippen LogP contribution in [0.1, 0.15) is 22.5 Å². The minimum absolute atomic E-state index is 0.0135. The number of alkyl halides is 6. The number of carboxylic acids is 1. The van der Waals surface area contributed by atoms with Gasteiger partial charge in [0, 0.05) is 10.9 Å². The van der Waals surface area contributed by atoms with E-state index in [4.69, 9.17) is 17.3 Å². The number of carboxylic acid groups (broad SMARTS) is 1. The molecule has 0 unspecified atom stereocenters. The molecular formula is C24H15F6N5O4S3. The number of hydrazine groups is 1. The van der Waals surface area contributed by atoms with Gasteiger partial charge in [-0.1, -0.05) is 30.0 Å². The number of aliphatic carboxylic acids is 1. The Bertz CT molecular complexity index is 1570. The largest absolute Gasteiger partial charge is 0.481 e. The standard InChI is InChI=1S/C24H15F6N5O4S3/c25-23(26,27)12-4-11(5-13(6-12)24(28,29)30)16-3-1-2-14(32-16)7-17-20(39)35(22(40)42-17)31-9-18(36)34-21-33-15(10-41-21)8-19(37)38/h1-7,10,31H,8-9H2,(H,37,38)(H,33,34,36)/b17-7-. The van der Waals surface area contributed by atoms with Crippen LogP contribution in [0.5, 0.6) is 0 Å². The molecule has 18 heteroatoms. The first-order chi connectivity index (χ1) is 19.6. The molecule has 42 heavy (non-hydrogen) atoms. The summed E-state index contributed by atoms with van der Waals surface area (Å²) in [6.45, 7) is -0.418. The van der Waals surface area contributed by atoms with Crippen LogP contribution < -0.4 is 10.7 Å². The summed E-state index contributed by atoms with van der Waals surface area (Å²) >= 11 is 7.01. The van der Waals surface area contributed by atoms with Crippen molar-refractivity contribution in [1.29, 1.82) is 0 Å². The van der Waals surface area contributed by atoms with E-state index in [0.717, 1.165) is 28.1 Å². The molecule has 4 rings (SSSR count). The maximum absolute atomic E-state index is 13.3. The number of halogens is 6. The summed E-state index contributed by atoms with van der Waals surface area (Å²) < 4.78 is 79.7. The second-order valence-corrected chi connectivity index (χ2v) is 10.9. The molecular weight excluding hydrogens is 632 g/mol.